The number of furan rings is 1. The fourth-order valence-corrected chi connectivity index (χ4v) is 5.48. The molecule has 0 aliphatic rings. The minimum Gasteiger partial charge on any atom is -0.459 e. The minimum absolute atomic E-state index is 0.201. The average Bonchev–Trinajstić information content (AvgIpc) is 3.56. The van der Waals surface area contributed by atoms with Gasteiger partial charge in [-0.2, -0.15) is 5.10 Å². The molecule has 0 aliphatic carbocycles. The fraction of sp³-hybridized carbons (Fsp3) is 0.138. The van der Waals surface area contributed by atoms with Crippen molar-refractivity contribution in [2.75, 3.05) is 17.3 Å². The topological polar surface area (TPSA) is 129 Å². The summed E-state index contributed by atoms with van der Waals surface area (Å²) in [4.78, 5) is 8.85. The van der Waals surface area contributed by atoms with Crippen LogP contribution in [0.15, 0.2) is 89.7 Å². The molecule has 9 nitrogen and oxygen atoms in total. The third-order valence-corrected chi connectivity index (χ3v) is 7.48. The summed E-state index contributed by atoms with van der Waals surface area (Å²) in [5, 5.41) is 9.57. The van der Waals surface area contributed by atoms with Crippen LogP contribution in [0.4, 0.5) is 15.9 Å². The zero-order chi connectivity index (χ0) is 27.9. The summed E-state index contributed by atoms with van der Waals surface area (Å²) in [5.74, 6) is 1.09. The number of nitrogens with zero attached hydrogens (tertiary/aromatic N) is 4. The Balaban J connectivity index is 1.27. The van der Waals surface area contributed by atoms with Crippen molar-refractivity contribution in [1.82, 2.24) is 19.7 Å². The van der Waals surface area contributed by atoms with Crippen molar-refractivity contribution >= 4 is 43.1 Å². The predicted octanol–water partition coefficient (Wildman–Crippen LogP) is 5.21. The second-order valence-corrected chi connectivity index (χ2v) is 11.9. The highest BCUT2D eigenvalue weighted by molar-refractivity contribution is 7.90. The van der Waals surface area contributed by atoms with Crippen LogP contribution in [0.3, 0.4) is 0 Å². The molecule has 0 spiro atoms. The van der Waals surface area contributed by atoms with E-state index < -0.39 is 15.9 Å². The first-order chi connectivity index (χ1) is 19.2. The molecule has 3 N–H and O–H groups in total. The Morgan fingerprint density at radius 3 is 2.75 bits per heavy atom. The Labute approximate surface area is 229 Å². The molecule has 0 fully saturated rings. The first-order valence-corrected chi connectivity index (χ1v) is 14.5. The summed E-state index contributed by atoms with van der Waals surface area (Å²) in [7, 11) is -3.25. The van der Waals surface area contributed by atoms with Crippen molar-refractivity contribution in [2.45, 2.75) is 12.6 Å². The Morgan fingerprint density at radius 1 is 1.05 bits per heavy atom. The van der Waals surface area contributed by atoms with Crippen molar-refractivity contribution in [1.29, 1.82) is 0 Å². The summed E-state index contributed by atoms with van der Waals surface area (Å²) in [6.07, 6.45) is 4.42. The van der Waals surface area contributed by atoms with Crippen LogP contribution in [0.5, 0.6) is 0 Å². The second-order valence-electron chi connectivity index (χ2n) is 9.69. The van der Waals surface area contributed by atoms with Gasteiger partial charge in [0.15, 0.2) is 0 Å². The number of anilines is 2. The summed E-state index contributed by atoms with van der Waals surface area (Å²) in [5.41, 5.74) is 10.1. The predicted molar refractivity (Wildman–Crippen MR) is 152 cm³/mol. The molecular formula is C29H25FN6O3S. The minimum atomic E-state index is -3.25. The number of hydrogen-bond acceptors (Lipinski definition) is 8. The van der Waals surface area contributed by atoms with E-state index in [1.54, 1.807) is 24.4 Å². The van der Waals surface area contributed by atoms with Crippen LogP contribution in [0.1, 0.15) is 17.4 Å². The van der Waals surface area contributed by atoms with Gasteiger partial charge in [-0.25, -0.2) is 22.8 Å². The summed E-state index contributed by atoms with van der Waals surface area (Å²) in [6.45, 7) is 0.459. The van der Waals surface area contributed by atoms with E-state index in [-0.39, 0.29) is 11.6 Å². The zero-order valence-corrected chi connectivity index (χ0v) is 22.3. The molecule has 0 aliphatic heterocycles. The lowest BCUT2D eigenvalue weighted by Crippen LogP contribution is -2.20. The molecule has 0 saturated carbocycles. The van der Waals surface area contributed by atoms with Crippen LogP contribution in [-0.4, -0.2) is 40.2 Å². The van der Waals surface area contributed by atoms with Gasteiger partial charge in [0, 0.05) is 28.3 Å². The van der Waals surface area contributed by atoms with E-state index in [1.807, 2.05) is 47.1 Å². The number of sulfone groups is 1. The normalized spacial score (nSPS) is 12.7. The number of nitrogens with one attached hydrogen (secondary N) is 1. The molecule has 6 rings (SSSR count). The number of hydrogen-bond donors (Lipinski definition) is 2. The second kappa shape index (κ2) is 10.2. The van der Waals surface area contributed by atoms with Gasteiger partial charge in [0.05, 0.1) is 35.6 Å². The SMILES string of the molecule is CS(=O)(=O)C[C@@H](N)c1ccc(-c2ccc3ncnc(Nc4ccc5c(cnn5Cc5cccc(F)c5)c4)c3c2)o1. The van der Waals surface area contributed by atoms with Gasteiger partial charge in [-0.05, 0) is 66.2 Å². The highest BCUT2D eigenvalue weighted by Gasteiger charge is 2.18. The number of aromatic nitrogens is 4. The van der Waals surface area contributed by atoms with Gasteiger partial charge in [0.25, 0.3) is 0 Å². The van der Waals surface area contributed by atoms with E-state index in [1.165, 1.54) is 18.5 Å². The van der Waals surface area contributed by atoms with Crippen molar-refractivity contribution in [2.24, 2.45) is 5.73 Å². The highest BCUT2D eigenvalue weighted by atomic mass is 32.2. The Morgan fingerprint density at radius 2 is 1.93 bits per heavy atom. The summed E-state index contributed by atoms with van der Waals surface area (Å²) >= 11 is 0. The van der Waals surface area contributed by atoms with Crippen molar-refractivity contribution in [3.63, 3.8) is 0 Å². The van der Waals surface area contributed by atoms with Crippen molar-refractivity contribution < 1.29 is 17.2 Å². The molecule has 0 amide bonds. The Hall–Kier alpha value is -4.61. The molecule has 0 saturated heterocycles. The molecule has 3 aromatic heterocycles. The Kier molecular flexibility index (Phi) is 6.53. The van der Waals surface area contributed by atoms with Gasteiger partial charge >= 0.3 is 0 Å². The number of benzene rings is 3. The monoisotopic (exact) mass is 556 g/mol. The van der Waals surface area contributed by atoms with Crippen LogP contribution >= 0.6 is 0 Å². The number of rotatable bonds is 8. The van der Waals surface area contributed by atoms with Gasteiger partial charge in [-0.15, -0.1) is 0 Å². The average molecular weight is 557 g/mol. The molecule has 3 heterocycles. The molecule has 3 aromatic carbocycles. The molecule has 0 bridgehead atoms. The van der Waals surface area contributed by atoms with Gasteiger partial charge in [-0.3, -0.25) is 4.68 Å². The van der Waals surface area contributed by atoms with Crippen LogP contribution < -0.4 is 11.1 Å². The standard InChI is InChI=1S/C29H25FN6O3S/c1-40(37,38)16-24(31)28-10-9-27(39-28)19-5-7-25-23(13-19)29(33-17-32-25)35-22-6-8-26-20(12-22)14-34-36(26)15-18-3-2-4-21(30)11-18/h2-14,17,24H,15-16,31H2,1H3,(H,32,33,35)/t24-/m1/s1. The molecule has 40 heavy (non-hydrogen) atoms. The lowest BCUT2D eigenvalue weighted by molar-refractivity contribution is 0.488. The van der Waals surface area contributed by atoms with Crippen LogP contribution in [0.25, 0.3) is 33.1 Å². The number of halogens is 1. The van der Waals surface area contributed by atoms with Crippen molar-refractivity contribution in [3.8, 4) is 11.3 Å². The summed E-state index contributed by atoms with van der Waals surface area (Å²) in [6, 6.07) is 20.7. The van der Waals surface area contributed by atoms with E-state index in [0.717, 1.165) is 44.9 Å². The lowest BCUT2D eigenvalue weighted by Gasteiger charge is -2.10. The first-order valence-electron chi connectivity index (χ1n) is 12.5. The molecule has 0 unspecified atom stereocenters. The molecule has 1 atom stereocenters. The lowest BCUT2D eigenvalue weighted by atomic mass is 10.1. The van der Waals surface area contributed by atoms with Crippen LogP contribution in [0.2, 0.25) is 0 Å². The number of fused-ring (bicyclic) bond motifs is 2. The highest BCUT2D eigenvalue weighted by Crippen LogP contribution is 2.31. The van der Waals surface area contributed by atoms with E-state index >= 15 is 0 Å². The van der Waals surface area contributed by atoms with E-state index in [4.69, 9.17) is 10.2 Å². The molecule has 202 valence electrons. The van der Waals surface area contributed by atoms with Crippen LogP contribution in [-0.2, 0) is 16.4 Å². The van der Waals surface area contributed by atoms with E-state index in [2.05, 4.69) is 20.4 Å². The maximum atomic E-state index is 13.6. The largest absolute Gasteiger partial charge is 0.459 e. The fourth-order valence-electron chi connectivity index (χ4n) is 4.66. The first kappa shape index (κ1) is 25.7. The van der Waals surface area contributed by atoms with Gasteiger partial charge in [-0.1, -0.05) is 12.1 Å². The molecule has 6 aromatic rings. The van der Waals surface area contributed by atoms with Crippen molar-refractivity contribution in [3.05, 3.63) is 102 Å². The maximum absolute atomic E-state index is 13.6. The van der Waals surface area contributed by atoms with Gasteiger partial charge < -0.3 is 15.5 Å². The van der Waals surface area contributed by atoms with E-state index in [0.29, 0.717) is 23.9 Å². The quantitative estimate of drug-likeness (QED) is 0.261. The Bertz CT molecular complexity index is 1970. The smallest absolute Gasteiger partial charge is 0.149 e. The molecule has 11 heteroatoms. The van der Waals surface area contributed by atoms with Gasteiger partial charge in [0.1, 0.15) is 39.3 Å². The van der Waals surface area contributed by atoms with Crippen LogP contribution in [0, 0.1) is 5.82 Å². The number of nitrogens with two attached hydrogens (primary N) is 1. The molecular weight excluding hydrogens is 531 g/mol. The third-order valence-electron chi connectivity index (χ3n) is 6.52. The van der Waals surface area contributed by atoms with Gasteiger partial charge in [0.2, 0.25) is 0 Å². The maximum Gasteiger partial charge on any atom is 0.149 e. The molecule has 0 radical (unpaired) electrons. The zero-order valence-electron chi connectivity index (χ0n) is 21.5. The van der Waals surface area contributed by atoms with E-state index in [9.17, 15) is 12.8 Å². The third kappa shape index (κ3) is 5.42. The summed E-state index contributed by atoms with van der Waals surface area (Å²) < 4.78 is 44.6.